The quantitative estimate of drug-likeness (QED) is 0.463. The van der Waals surface area contributed by atoms with Gasteiger partial charge in [-0.15, -0.1) is 0 Å². The summed E-state index contributed by atoms with van der Waals surface area (Å²) in [4.78, 5) is 21.7. The van der Waals surface area contributed by atoms with Gasteiger partial charge in [0.15, 0.2) is 6.61 Å². The van der Waals surface area contributed by atoms with Crippen LogP contribution in [0.3, 0.4) is 0 Å². The second-order valence-corrected chi connectivity index (χ2v) is 4.09. The molecule has 0 bridgehead atoms. The van der Waals surface area contributed by atoms with Gasteiger partial charge in [-0.05, 0) is 25.1 Å². The van der Waals surface area contributed by atoms with Crippen LogP contribution in [0.1, 0.15) is 6.92 Å². The third-order valence-electron chi connectivity index (χ3n) is 2.69. The van der Waals surface area contributed by atoms with Gasteiger partial charge in [0.25, 0.3) is 5.69 Å². The van der Waals surface area contributed by atoms with Crippen LogP contribution in [0, 0.1) is 10.1 Å². The second-order valence-electron chi connectivity index (χ2n) is 4.09. The summed E-state index contributed by atoms with van der Waals surface area (Å²) < 4.78 is 11.8. The van der Waals surface area contributed by atoms with Crippen LogP contribution in [0.15, 0.2) is 42.7 Å². The average Bonchev–Trinajstić information content (AvgIpc) is 2.99. The molecule has 0 saturated heterocycles. The van der Waals surface area contributed by atoms with Crippen molar-refractivity contribution in [1.29, 1.82) is 0 Å². The molecule has 1 heterocycles. The summed E-state index contributed by atoms with van der Waals surface area (Å²) in [7, 11) is 0. The van der Waals surface area contributed by atoms with Crippen molar-refractivity contribution in [2.24, 2.45) is 0 Å². The molecule has 0 fully saturated rings. The molecule has 0 aliphatic carbocycles. The maximum Gasteiger partial charge on any atom is 0.344 e. The smallest absolute Gasteiger partial charge is 0.344 e. The minimum atomic E-state index is -0.491. The third kappa shape index (κ3) is 3.59. The van der Waals surface area contributed by atoms with Gasteiger partial charge in [-0.1, -0.05) is 0 Å². The maximum absolute atomic E-state index is 11.3. The Morgan fingerprint density at radius 2 is 2.05 bits per heavy atom. The highest BCUT2D eigenvalue weighted by atomic mass is 16.6. The Hall–Kier alpha value is -2.83. The van der Waals surface area contributed by atoms with Gasteiger partial charge in [0.2, 0.25) is 0 Å². The lowest BCUT2D eigenvalue weighted by Crippen LogP contribution is -2.15. The number of carbonyl (C=O) groups excluding carboxylic acids is 1. The first kappa shape index (κ1) is 14.6. The normalized spacial score (nSPS) is 10.1. The number of esters is 1. The van der Waals surface area contributed by atoms with Crippen LogP contribution >= 0.6 is 0 Å². The standard InChI is InChI=1S/C14H14N2O5/c1-2-20-14(17)10-21-13-6-5-11(16(18)19)9-12(13)15-7-3-4-8-15/h3-9H,2,10H2,1H3. The Morgan fingerprint density at radius 3 is 2.67 bits per heavy atom. The van der Waals surface area contributed by atoms with Gasteiger partial charge >= 0.3 is 5.97 Å². The highest BCUT2D eigenvalue weighted by Gasteiger charge is 2.14. The number of aromatic nitrogens is 1. The topological polar surface area (TPSA) is 83.6 Å². The zero-order chi connectivity index (χ0) is 15.2. The summed E-state index contributed by atoms with van der Waals surface area (Å²) in [5.41, 5.74) is 0.431. The Bertz CT molecular complexity index is 637. The van der Waals surface area contributed by atoms with Gasteiger partial charge in [0, 0.05) is 24.5 Å². The molecule has 0 aliphatic rings. The van der Waals surface area contributed by atoms with Gasteiger partial charge in [0.1, 0.15) is 5.75 Å². The lowest BCUT2D eigenvalue weighted by molar-refractivity contribution is -0.384. The monoisotopic (exact) mass is 290 g/mol. The molecule has 0 N–H and O–H groups in total. The molecule has 0 amide bonds. The molecular formula is C14H14N2O5. The number of nitro benzene ring substituents is 1. The molecule has 1 aromatic heterocycles. The van der Waals surface area contributed by atoms with Crippen molar-refractivity contribution in [3.8, 4) is 11.4 Å². The van der Waals surface area contributed by atoms with Crippen LogP contribution in [-0.4, -0.2) is 28.7 Å². The molecule has 2 rings (SSSR count). The molecule has 1 aromatic carbocycles. The number of nitrogens with zero attached hydrogens (tertiary/aromatic N) is 2. The van der Waals surface area contributed by atoms with E-state index in [0.717, 1.165) is 0 Å². The zero-order valence-corrected chi connectivity index (χ0v) is 11.4. The van der Waals surface area contributed by atoms with E-state index in [4.69, 9.17) is 9.47 Å². The van der Waals surface area contributed by atoms with E-state index >= 15 is 0 Å². The van der Waals surface area contributed by atoms with E-state index in [2.05, 4.69) is 0 Å². The number of hydrogen-bond acceptors (Lipinski definition) is 5. The summed E-state index contributed by atoms with van der Waals surface area (Å²) in [6.07, 6.45) is 3.46. The number of rotatable bonds is 6. The minimum absolute atomic E-state index is 0.0535. The van der Waals surface area contributed by atoms with E-state index in [9.17, 15) is 14.9 Å². The van der Waals surface area contributed by atoms with E-state index in [-0.39, 0.29) is 18.9 Å². The van der Waals surface area contributed by atoms with Crippen molar-refractivity contribution < 1.29 is 19.2 Å². The van der Waals surface area contributed by atoms with Crippen LogP contribution in [0.4, 0.5) is 5.69 Å². The summed E-state index contributed by atoms with van der Waals surface area (Å²) in [6, 6.07) is 7.75. The zero-order valence-electron chi connectivity index (χ0n) is 11.4. The highest BCUT2D eigenvalue weighted by molar-refractivity contribution is 5.71. The SMILES string of the molecule is CCOC(=O)COc1ccc([N+](=O)[O-])cc1-n1cccc1. The van der Waals surface area contributed by atoms with Crippen LogP contribution < -0.4 is 4.74 Å². The Morgan fingerprint density at radius 1 is 1.33 bits per heavy atom. The van der Waals surface area contributed by atoms with Crippen LogP contribution in [0.2, 0.25) is 0 Å². The van der Waals surface area contributed by atoms with Crippen LogP contribution in [0.25, 0.3) is 5.69 Å². The number of ether oxygens (including phenoxy) is 2. The first-order valence-electron chi connectivity index (χ1n) is 6.32. The summed E-state index contributed by atoms with van der Waals surface area (Å²) in [5.74, 6) is -0.126. The lowest BCUT2D eigenvalue weighted by atomic mass is 10.2. The summed E-state index contributed by atoms with van der Waals surface area (Å²) >= 11 is 0. The first-order valence-corrected chi connectivity index (χ1v) is 6.32. The molecule has 0 atom stereocenters. The molecule has 0 unspecified atom stereocenters. The predicted octanol–water partition coefficient (Wildman–Crippen LogP) is 2.33. The molecule has 21 heavy (non-hydrogen) atoms. The van der Waals surface area contributed by atoms with Crippen molar-refractivity contribution in [1.82, 2.24) is 4.57 Å². The number of carbonyl (C=O) groups is 1. The van der Waals surface area contributed by atoms with Gasteiger partial charge in [-0.3, -0.25) is 10.1 Å². The fourth-order valence-electron chi connectivity index (χ4n) is 1.78. The molecule has 0 aliphatic heterocycles. The highest BCUT2D eigenvalue weighted by Crippen LogP contribution is 2.27. The molecule has 0 saturated carbocycles. The van der Waals surface area contributed by atoms with E-state index < -0.39 is 10.9 Å². The number of hydrogen-bond donors (Lipinski definition) is 0. The van der Waals surface area contributed by atoms with Gasteiger partial charge in [0.05, 0.1) is 17.2 Å². The number of nitro groups is 1. The average molecular weight is 290 g/mol. The van der Waals surface area contributed by atoms with Gasteiger partial charge in [-0.25, -0.2) is 4.79 Å². The van der Waals surface area contributed by atoms with Crippen molar-refractivity contribution in [3.05, 3.63) is 52.8 Å². The molecule has 110 valence electrons. The second kappa shape index (κ2) is 6.56. The molecule has 2 aromatic rings. The van der Waals surface area contributed by atoms with Crippen molar-refractivity contribution in [3.63, 3.8) is 0 Å². The largest absolute Gasteiger partial charge is 0.480 e. The number of benzene rings is 1. The fraction of sp³-hybridized carbons (Fsp3) is 0.214. The van der Waals surface area contributed by atoms with E-state index in [1.54, 1.807) is 36.0 Å². The lowest BCUT2D eigenvalue weighted by Gasteiger charge is -2.11. The van der Waals surface area contributed by atoms with Crippen molar-refractivity contribution in [2.45, 2.75) is 6.92 Å². The molecule has 7 nitrogen and oxygen atoms in total. The van der Waals surface area contributed by atoms with Gasteiger partial charge in [-0.2, -0.15) is 0 Å². The van der Waals surface area contributed by atoms with Crippen LogP contribution in [0.5, 0.6) is 5.75 Å². The maximum atomic E-state index is 11.3. The van der Waals surface area contributed by atoms with E-state index in [1.807, 2.05) is 0 Å². The number of non-ortho nitro benzene ring substituents is 1. The Labute approximate surface area is 120 Å². The predicted molar refractivity (Wildman–Crippen MR) is 74.6 cm³/mol. The Balaban J connectivity index is 2.28. The van der Waals surface area contributed by atoms with Crippen molar-refractivity contribution in [2.75, 3.05) is 13.2 Å². The molecule has 0 spiro atoms. The molecule has 0 radical (unpaired) electrons. The van der Waals surface area contributed by atoms with Crippen molar-refractivity contribution >= 4 is 11.7 Å². The van der Waals surface area contributed by atoms with E-state index in [1.165, 1.54) is 18.2 Å². The minimum Gasteiger partial charge on any atom is -0.480 e. The summed E-state index contributed by atoms with van der Waals surface area (Å²) in [6.45, 7) is 1.72. The fourth-order valence-corrected chi connectivity index (χ4v) is 1.78. The van der Waals surface area contributed by atoms with Crippen LogP contribution in [-0.2, 0) is 9.53 Å². The third-order valence-corrected chi connectivity index (χ3v) is 2.69. The summed E-state index contributed by atoms with van der Waals surface area (Å²) in [5, 5.41) is 10.9. The van der Waals surface area contributed by atoms with Gasteiger partial charge < -0.3 is 14.0 Å². The molecular weight excluding hydrogens is 276 g/mol. The Kier molecular flexibility index (Phi) is 4.55. The first-order chi connectivity index (χ1) is 10.1. The van der Waals surface area contributed by atoms with E-state index in [0.29, 0.717) is 11.4 Å². The molecule has 7 heteroatoms.